The summed E-state index contributed by atoms with van der Waals surface area (Å²) in [5.74, 6) is -0.266. The molecule has 6 heteroatoms. The van der Waals surface area contributed by atoms with Crippen LogP contribution < -0.4 is 0 Å². The standard InChI is InChI=1S/C11H10Cl3NOS/c1-10(12)9(16)15(17-11(10,13)14)7-8-5-3-2-4-6-8/h2-6H,7H2,1H3. The molecule has 0 N–H and O–H groups in total. The van der Waals surface area contributed by atoms with Crippen LogP contribution in [0.4, 0.5) is 0 Å². The normalized spacial score (nSPS) is 27.5. The lowest BCUT2D eigenvalue weighted by atomic mass is 10.1. The van der Waals surface area contributed by atoms with Crippen molar-refractivity contribution < 1.29 is 4.79 Å². The van der Waals surface area contributed by atoms with Gasteiger partial charge in [0.1, 0.15) is 0 Å². The Hall–Kier alpha value is -0.0900. The fraction of sp³-hybridized carbons (Fsp3) is 0.364. The first-order valence-electron chi connectivity index (χ1n) is 4.96. The topological polar surface area (TPSA) is 20.3 Å². The van der Waals surface area contributed by atoms with Crippen molar-refractivity contribution >= 4 is 52.7 Å². The summed E-state index contributed by atoms with van der Waals surface area (Å²) in [5.41, 5.74) is 1.01. The van der Waals surface area contributed by atoms with Crippen LogP contribution in [-0.4, -0.2) is 18.8 Å². The minimum Gasteiger partial charge on any atom is -0.278 e. The zero-order valence-electron chi connectivity index (χ0n) is 8.99. The minimum atomic E-state index is -1.33. The lowest BCUT2D eigenvalue weighted by Gasteiger charge is -2.21. The summed E-state index contributed by atoms with van der Waals surface area (Å²) in [5, 5.41) is 0. The number of amides is 1. The maximum atomic E-state index is 12.1. The lowest BCUT2D eigenvalue weighted by molar-refractivity contribution is -0.127. The van der Waals surface area contributed by atoms with E-state index in [1.165, 1.54) is 11.2 Å². The van der Waals surface area contributed by atoms with Crippen LogP contribution in [0.2, 0.25) is 0 Å². The molecule has 0 radical (unpaired) electrons. The molecule has 17 heavy (non-hydrogen) atoms. The number of carbonyl (C=O) groups is 1. The summed E-state index contributed by atoms with van der Waals surface area (Å²) in [6.07, 6.45) is 0. The molecule has 1 aromatic rings. The largest absolute Gasteiger partial charge is 0.278 e. The summed E-state index contributed by atoms with van der Waals surface area (Å²) in [7, 11) is 0. The highest BCUT2D eigenvalue weighted by molar-refractivity contribution is 8.02. The second kappa shape index (κ2) is 4.54. The Morgan fingerprint density at radius 2 is 1.82 bits per heavy atom. The Morgan fingerprint density at radius 1 is 1.24 bits per heavy atom. The van der Waals surface area contributed by atoms with Gasteiger partial charge in [0.05, 0.1) is 6.54 Å². The van der Waals surface area contributed by atoms with Crippen LogP contribution in [0.15, 0.2) is 30.3 Å². The van der Waals surface area contributed by atoms with E-state index in [-0.39, 0.29) is 5.91 Å². The Kier molecular flexibility index (Phi) is 3.56. The summed E-state index contributed by atoms with van der Waals surface area (Å²) in [6, 6.07) is 9.61. The second-order valence-electron chi connectivity index (χ2n) is 3.94. The average Bonchev–Trinajstić information content (AvgIpc) is 2.41. The first kappa shape index (κ1) is 13.3. The Balaban J connectivity index is 2.18. The summed E-state index contributed by atoms with van der Waals surface area (Å²) in [4.78, 5) is 10.8. The molecule has 1 fully saturated rings. The number of hydrogen-bond donors (Lipinski definition) is 0. The SMILES string of the molecule is CC1(Cl)C(=O)N(Cc2ccccc2)SC1(Cl)Cl. The molecule has 2 nitrogen and oxygen atoms in total. The van der Waals surface area contributed by atoms with Crippen molar-refractivity contribution in [3.05, 3.63) is 35.9 Å². The molecule has 1 unspecified atom stereocenters. The highest BCUT2D eigenvalue weighted by Gasteiger charge is 2.60. The molecule has 0 saturated carbocycles. The smallest absolute Gasteiger partial charge is 0.257 e. The van der Waals surface area contributed by atoms with E-state index in [1.807, 2.05) is 30.3 Å². The lowest BCUT2D eigenvalue weighted by Crippen LogP contribution is -2.39. The van der Waals surface area contributed by atoms with Crippen LogP contribution >= 0.6 is 46.8 Å². The van der Waals surface area contributed by atoms with E-state index >= 15 is 0 Å². The third-order valence-electron chi connectivity index (χ3n) is 2.57. The van der Waals surface area contributed by atoms with Gasteiger partial charge in [-0.05, 0) is 24.4 Å². The van der Waals surface area contributed by atoms with Gasteiger partial charge >= 0.3 is 0 Å². The third kappa shape index (κ3) is 2.39. The van der Waals surface area contributed by atoms with Gasteiger partial charge in [-0.3, -0.25) is 9.10 Å². The van der Waals surface area contributed by atoms with Crippen molar-refractivity contribution in [2.75, 3.05) is 0 Å². The van der Waals surface area contributed by atoms with E-state index in [1.54, 1.807) is 0 Å². The molecule has 1 aliphatic heterocycles. The molecule has 1 aromatic carbocycles. The van der Waals surface area contributed by atoms with E-state index in [0.717, 1.165) is 17.5 Å². The molecule has 0 aliphatic carbocycles. The van der Waals surface area contributed by atoms with E-state index in [4.69, 9.17) is 34.8 Å². The van der Waals surface area contributed by atoms with Crippen LogP contribution in [0.3, 0.4) is 0 Å². The van der Waals surface area contributed by atoms with Crippen molar-refractivity contribution in [2.45, 2.75) is 22.0 Å². The molecule has 1 aliphatic rings. The molecule has 2 rings (SSSR count). The molecular formula is C11H10Cl3NOS. The number of rotatable bonds is 2. The quantitative estimate of drug-likeness (QED) is 0.611. The van der Waals surface area contributed by atoms with Crippen molar-refractivity contribution in [1.29, 1.82) is 0 Å². The van der Waals surface area contributed by atoms with Gasteiger partial charge in [0.2, 0.25) is 3.67 Å². The molecule has 0 aromatic heterocycles. The van der Waals surface area contributed by atoms with E-state index < -0.39 is 8.54 Å². The molecule has 0 bridgehead atoms. The number of carbonyl (C=O) groups excluding carboxylic acids is 1. The third-order valence-corrected chi connectivity index (χ3v) is 5.64. The summed E-state index contributed by atoms with van der Waals surface area (Å²) in [6.45, 7) is 1.97. The van der Waals surface area contributed by atoms with Gasteiger partial charge in [0.15, 0.2) is 4.87 Å². The zero-order valence-corrected chi connectivity index (χ0v) is 12.1. The number of benzene rings is 1. The average molecular weight is 311 g/mol. The molecule has 92 valence electrons. The van der Waals surface area contributed by atoms with Gasteiger partial charge < -0.3 is 0 Å². The predicted octanol–water partition coefficient (Wildman–Crippen LogP) is 3.81. The summed E-state index contributed by atoms with van der Waals surface area (Å²) >= 11 is 19.3. The van der Waals surface area contributed by atoms with Crippen LogP contribution in [-0.2, 0) is 11.3 Å². The first-order valence-corrected chi connectivity index (χ1v) is 6.87. The monoisotopic (exact) mass is 309 g/mol. The van der Waals surface area contributed by atoms with Crippen LogP contribution in [0.25, 0.3) is 0 Å². The van der Waals surface area contributed by atoms with E-state index in [9.17, 15) is 4.79 Å². The number of hydrogen-bond acceptors (Lipinski definition) is 2. The minimum absolute atomic E-state index is 0.266. The van der Waals surface area contributed by atoms with Crippen molar-refractivity contribution in [3.63, 3.8) is 0 Å². The maximum Gasteiger partial charge on any atom is 0.257 e. The second-order valence-corrected chi connectivity index (χ2v) is 7.71. The van der Waals surface area contributed by atoms with Crippen LogP contribution in [0.1, 0.15) is 12.5 Å². The van der Waals surface area contributed by atoms with Gasteiger partial charge in [-0.2, -0.15) is 0 Å². The number of alkyl halides is 3. The van der Waals surface area contributed by atoms with Gasteiger partial charge in [0, 0.05) is 0 Å². The molecule has 1 saturated heterocycles. The maximum absolute atomic E-state index is 12.1. The Morgan fingerprint density at radius 3 is 2.29 bits per heavy atom. The highest BCUT2D eigenvalue weighted by atomic mass is 35.5. The van der Waals surface area contributed by atoms with Crippen molar-refractivity contribution in [3.8, 4) is 0 Å². The highest BCUT2D eigenvalue weighted by Crippen LogP contribution is 2.56. The predicted molar refractivity (Wildman–Crippen MR) is 73.3 cm³/mol. The summed E-state index contributed by atoms with van der Waals surface area (Å²) < 4.78 is 0.169. The fourth-order valence-electron chi connectivity index (χ4n) is 1.48. The Bertz CT molecular complexity index is 436. The van der Waals surface area contributed by atoms with Crippen LogP contribution in [0.5, 0.6) is 0 Å². The van der Waals surface area contributed by atoms with Crippen LogP contribution in [0, 0.1) is 0 Å². The molecule has 1 amide bonds. The van der Waals surface area contributed by atoms with Gasteiger partial charge in [-0.1, -0.05) is 53.5 Å². The van der Waals surface area contributed by atoms with E-state index in [0.29, 0.717) is 6.54 Å². The number of nitrogens with zero attached hydrogens (tertiary/aromatic N) is 1. The van der Waals surface area contributed by atoms with E-state index in [2.05, 4.69) is 0 Å². The fourth-order valence-corrected chi connectivity index (χ4v) is 3.41. The molecule has 1 atom stereocenters. The van der Waals surface area contributed by atoms with Gasteiger partial charge in [0.25, 0.3) is 5.91 Å². The first-order chi connectivity index (χ1) is 7.84. The van der Waals surface area contributed by atoms with Crippen molar-refractivity contribution in [1.82, 2.24) is 4.31 Å². The molecular weight excluding hydrogens is 301 g/mol. The van der Waals surface area contributed by atoms with Gasteiger partial charge in [-0.25, -0.2) is 0 Å². The molecule has 0 spiro atoms. The zero-order chi connectivity index (χ0) is 12.7. The number of halogens is 3. The molecule has 1 heterocycles. The Labute approximate surface area is 119 Å². The van der Waals surface area contributed by atoms with Crippen molar-refractivity contribution in [2.24, 2.45) is 0 Å². The van der Waals surface area contributed by atoms with Gasteiger partial charge in [-0.15, -0.1) is 11.6 Å².